The molecule has 0 bridgehead atoms. The number of carbonyl (C=O) groups excluding carboxylic acids is 2. The van der Waals surface area contributed by atoms with Gasteiger partial charge in [0.25, 0.3) is 0 Å². The first-order valence-corrected chi connectivity index (χ1v) is 14.4. The molecule has 0 heterocycles. The van der Waals surface area contributed by atoms with E-state index >= 15 is 0 Å². The second-order valence-corrected chi connectivity index (χ2v) is 12.8. The maximum Gasteiger partial charge on any atom is 0.310 e. The van der Waals surface area contributed by atoms with Gasteiger partial charge in [-0.3, -0.25) is 9.59 Å². The number of ketones is 1. The van der Waals surface area contributed by atoms with Crippen LogP contribution >= 0.6 is 0 Å². The third-order valence-electron chi connectivity index (χ3n) is 11.2. The number of rotatable bonds is 5. The molecule has 1 N–H and O–H groups in total. The summed E-state index contributed by atoms with van der Waals surface area (Å²) in [6.45, 7) is 6.83. The predicted octanol–water partition coefficient (Wildman–Crippen LogP) is 6.54. The summed E-state index contributed by atoms with van der Waals surface area (Å²) < 4.78 is 6.16. The zero-order chi connectivity index (χ0) is 24.1. The van der Waals surface area contributed by atoms with E-state index in [4.69, 9.17) is 4.74 Å². The molecule has 0 aromatic carbocycles. The SMILES string of the molecule is CCCCC1=C2CC[C@H]3[C@@H]4CC[C@H](O)[C@@]4(C)CC[C@@H]3[C@@]2(C)C(C(=O)OC2CCCCC2)CC1=O. The van der Waals surface area contributed by atoms with Gasteiger partial charge in [0, 0.05) is 11.8 Å². The fourth-order valence-corrected chi connectivity index (χ4v) is 9.25. The first kappa shape index (κ1) is 24.5. The molecule has 0 radical (unpaired) electrons. The number of unbranched alkanes of at least 4 members (excludes halogenated alkanes) is 1. The first-order chi connectivity index (χ1) is 16.3. The van der Waals surface area contributed by atoms with Crippen LogP contribution in [0.4, 0.5) is 0 Å². The number of ether oxygens (including phenoxy) is 1. The van der Waals surface area contributed by atoms with Gasteiger partial charge in [-0.2, -0.15) is 0 Å². The van der Waals surface area contributed by atoms with Crippen LogP contribution in [0.5, 0.6) is 0 Å². The number of esters is 1. The molecule has 5 aliphatic rings. The van der Waals surface area contributed by atoms with E-state index in [2.05, 4.69) is 20.8 Å². The fraction of sp³-hybridized carbons (Fsp3) is 0.867. The van der Waals surface area contributed by atoms with E-state index < -0.39 is 0 Å². The maximum absolute atomic E-state index is 13.8. The Kier molecular flexibility index (Phi) is 6.76. The third kappa shape index (κ3) is 3.82. The van der Waals surface area contributed by atoms with Gasteiger partial charge in [0.1, 0.15) is 6.10 Å². The molecule has 5 aliphatic carbocycles. The quantitative estimate of drug-likeness (QED) is 0.463. The average molecular weight is 471 g/mol. The molecule has 0 amide bonds. The lowest BCUT2D eigenvalue weighted by Crippen LogP contribution is -2.56. The Hall–Kier alpha value is -1.16. The van der Waals surface area contributed by atoms with Gasteiger partial charge in [-0.15, -0.1) is 0 Å². The highest BCUT2D eigenvalue weighted by Crippen LogP contribution is 2.67. The summed E-state index contributed by atoms with van der Waals surface area (Å²) in [4.78, 5) is 27.2. The summed E-state index contributed by atoms with van der Waals surface area (Å²) in [5.74, 6) is 1.25. The largest absolute Gasteiger partial charge is 0.462 e. The predicted molar refractivity (Wildman–Crippen MR) is 133 cm³/mol. The summed E-state index contributed by atoms with van der Waals surface area (Å²) in [7, 11) is 0. The topological polar surface area (TPSA) is 63.6 Å². The minimum absolute atomic E-state index is 0.0202. The van der Waals surface area contributed by atoms with Gasteiger partial charge >= 0.3 is 5.97 Å². The van der Waals surface area contributed by atoms with E-state index in [0.717, 1.165) is 89.0 Å². The summed E-state index contributed by atoms with van der Waals surface area (Å²) in [5, 5.41) is 10.8. The molecule has 0 aromatic heterocycles. The highest BCUT2D eigenvalue weighted by atomic mass is 16.5. The van der Waals surface area contributed by atoms with Gasteiger partial charge in [-0.1, -0.05) is 39.2 Å². The molecule has 0 aromatic rings. The van der Waals surface area contributed by atoms with Crippen LogP contribution in [-0.4, -0.2) is 29.1 Å². The maximum atomic E-state index is 13.8. The monoisotopic (exact) mass is 470 g/mol. The van der Waals surface area contributed by atoms with E-state index in [0.29, 0.717) is 24.2 Å². The van der Waals surface area contributed by atoms with Crippen LogP contribution in [0.2, 0.25) is 0 Å². The van der Waals surface area contributed by atoms with Crippen molar-refractivity contribution in [2.45, 2.75) is 129 Å². The average Bonchev–Trinajstić information content (AvgIpc) is 3.13. The highest BCUT2D eigenvalue weighted by Gasteiger charge is 2.62. The van der Waals surface area contributed by atoms with E-state index in [1.165, 1.54) is 12.0 Å². The smallest absolute Gasteiger partial charge is 0.310 e. The first-order valence-electron chi connectivity index (χ1n) is 14.4. The van der Waals surface area contributed by atoms with Crippen molar-refractivity contribution in [1.29, 1.82) is 0 Å². The Morgan fingerprint density at radius 1 is 1.03 bits per heavy atom. The molecule has 34 heavy (non-hydrogen) atoms. The lowest BCUT2D eigenvalue weighted by Gasteiger charge is -2.60. The van der Waals surface area contributed by atoms with Gasteiger partial charge < -0.3 is 9.84 Å². The molecule has 0 saturated heterocycles. The second kappa shape index (κ2) is 9.37. The van der Waals surface area contributed by atoms with Crippen LogP contribution < -0.4 is 0 Å². The molecule has 7 atom stereocenters. The van der Waals surface area contributed by atoms with Crippen LogP contribution in [-0.2, 0) is 14.3 Å². The Morgan fingerprint density at radius 2 is 1.79 bits per heavy atom. The van der Waals surface area contributed by atoms with Gasteiger partial charge in [0.2, 0.25) is 0 Å². The molecule has 0 aliphatic heterocycles. The zero-order valence-corrected chi connectivity index (χ0v) is 21.7. The van der Waals surface area contributed by atoms with Crippen molar-refractivity contribution in [3.8, 4) is 0 Å². The Labute approximate surface area is 206 Å². The normalized spacial score (nSPS) is 42.7. The lowest BCUT2D eigenvalue weighted by molar-refractivity contribution is -0.168. The van der Waals surface area contributed by atoms with Crippen molar-refractivity contribution >= 4 is 11.8 Å². The van der Waals surface area contributed by atoms with Crippen molar-refractivity contribution < 1.29 is 19.4 Å². The van der Waals surface area contributed by atoms with Crippen molar-refractivity contribution in [3.05, 3.63) is 11.1 Å². The minimum Gasteiger partial charge on any atom is -0.462 e. The zero-order valence-electron chi connectivity index (χ0n) is 21.7. The van der Waals surface area contributed by atoms with Crippen molar-refractivity contribution in [2.24, 2.45) is 34.5 Å². The van der Waals surface area contributed by atoms with Gasteiger partial charge in [-0.25, -0.2) is 0 Å². The van der Waals surface area contributed by atoms with Gasteiger partial charge in [0.05, 0.1) is 12.0 Å². The molecule has 1 unspecified atom stereocenters. The number of allylic oxidation sites excluding steroid dienone is 1. The number of aliphatic hydroxyl groups is 1. The fourth-order valence-electron chi connectivity index (χ4n) is 9.25. The van der Waals surface area contributed by atoms with E-state index in [9.17, 15) is 14.7 Å². The van der Waals surface area contributed by atoms with Crippen molar-refractivity contribution in [2.75, 3.05) is 0 Å². The lowest BCUT2D eigenvalue weighted by atomic mass is 9.44. The number of Topliss-reactive ketones (excluding diaryl/α,β-unsaturated/α-hetero) is 1. The molecule has 190 valence electrons. The van der Waals surface area contributed by atoms with E-state index in [1.807, 2.05) is 0 Å². The van der Waals surface area contributed by atoms with Crippen LogP contribution in [0.25, 0.3) is 0 Å². The van der Waals surface area contributed by atoms with Gasteiger partial charge in [-0.05, 0) is 106 Å². The van der Waals surface area contributed by atoms with Crippen molar-refractivity contribution in [1.82, 2.24) is 0 Å². The number of fused-ring (bicyclic) bond motifs is 5. The molecular formula is C30H46O4. The number of aliphatic hydroxyl groups excluding tert-OH is 1. The third-order valence-corrected chi connectivity index (χ3v) is 11.2. The molecule has 5 rings (SSSR count). The Morgan fingerprint density at radius 3 is 2.53 bits per heavy atom. The van der Waals surface area contributed by atoms with Crippen LogP contribution in [0.15, 0.2) is 11.1 Å². The van der Waals surface area contributed by atoms with Crippen LogP contribution in [0.3, 0.4) is 0 Å². The number of hydrogen-bond donors (Lipinski definition) is 1. The molecular weight excluding hydrogens is 424 g/mol. The van der Waals surface area contributed by atoms with E-state index in [1.54, 1.807) is 0 Å². The van der Waals surface area contributed by atoms with Crippen LogP contribution in [0, 0.1) is 34.5 Å². The highest BCUT2D eigenvalue weighted by molar-refractivity contribution is 6.00. The van der Waals surface area contributed by atoms with Crippen LogP contribution in [0.1, 0.15) is 117 Å². The Bertz CT molecular complexity index is 839. The van der Waals surface area contributed by atoms with Crippen molar-refractivity contribution in [3.63, 3.8) is 0 Å². The summed E-state index contributed by atoms with van der Waals surface area (Å²) >= 11 is 0. The molecule has 4 fully saturated rings. The van der Waals surface area contributed by atoms with E-state index in [-0.39, 0.29) is 40.7 Å². The molecule has 0 spiro atoms. The minimum atomic E-state index is -0.342. The summed E-state index contributed by atoms with van der Waals surface area (Å²) in [6.07, 6.45) is 14.8. The Balaban J connectivity index is 1.50. The molecule has 4 heteroatoms. The standard InChI is InChI=1S/C30H46O4/c1-4-5-11-21-23-13-12-20-22-14-15-27(32)29(22,2)17-16-24(20)30(23,3)25(18-26(21)31)28(33)34-19-9-7-6-8-10-19/h19-20,22,24-25,27,32H,4-18H2,1-3H3/t20-,22-,24-,25?,27-,29-,30-/m0/s1. The molecule has 4 saturated carbocycles. The summed E-state index contributed by atoms with van der Waals surface area (Å²) in [5.41, 5.74) is 2.11. The second-order valence-electron chi connectivity index (χ2n) is 12.8. The number of carbonyl (C=O) groups is 2. The van der Waals surface area contributed by atoms with Gasteiger partial charge in [0.15, 0.2) is 5.78 Å². The molecule has 4 nitrogen and oxygen atoms in total. The number of hydrogen-bond acceptors (Lipinski definition) is 4. The summed E-state index contributed by atoms with van der Waals surface area (Å²) in [6, 6.07) is 0.